The monoisotopic (exact) mass is 659 g/mol. The maximum absolute atomic E-state index is 13.3. The van der Waals surface area contributed by atoms with Gasteiger partial charge in [0.1, 0.15) is 17.2 Å². The Bertz CT molecular complexity index is 1610. The second kappa shape index (κ2) is 15.1. The number of thioether (sulfide) groups is 1. The maximum Gasteiger partial charge on any atom is 0.272 e. The molecule has 3 amide bonds. The lowest BCUT2D eigenvalue weighted by Crippen LogP contribution is -2.30. The second-order valence-corrected chi connectivity index (χ2v) is 11.6. The number of carbonyl (C=O) groups is 3. The summed E-state index contributed by atoms with van der Waals surface area (Å²) in [6, 6.07) is 28.4. The van der Waals surface area contributed by atoms with Gasteiger partial charge in [-0.3, -0.25) is 14.4 Å². The van der Waals surface area contributed by atoms with E-state index in [4.69, 9.17) is 9.47 Å². The fraction of sp³-hybridized carbons (Fsp3) is 0.121. The summed E-state index contributed by atoms with van der Waals surface area (Å²) in [6.45, 7) is 1.81. The van der Waals surface area contributed by atoms with Crippen molar-refractivity contribution in [2.24, 2.45) is 0 Å². The Morgan fingerprint density at radius 2 is 1.53 bits per heavy atom. The fourth-order valence-electron chi connectivity index (χ4n) is 3.88. The van der Waals surface area contributed by atoms with Gasteiger partial charge in [-0.25, -0.2) is 0 Å². The highest BCUT2D eigenvalue weighted by molar-refractivity contribution is 9.10. The Balaban J connectivity index is 1.42. The van der Waals surface area contributed by atoms with Gasteiger partial charge in [-0.1, -0.05) is 46.3 Å². The number of hydrogen-bond donors (Lipinski definition) is 3. The van der Waals surface area contributed by atoms with Crippen molar-refractivity contribution >= 4 is 62.9 Å². The van der Waals surface area contributed by atoms with Gasteiger partial charge in [-0.05, 0) is 79.2 Å². The molecule has 0 fully saturated rings. The van der Waals surface area contributed by atoms with Crippen molar-refractivity contribution in [3.8, 4) is 11.5 Å². The topological polar surface area (TPSA) is 106 Å². The standard InChI is InChI=1S/C33H30BrN3O5S/c1-21(31(38)36-28-18-15-26(41-2)20-30(28)42-3)43-27-16-13-25(14-17-27)35-33(40)29(19-22-9-11-24(34)12-10-22)37-32(39)23-7-5-4-6-8-23/h4-21H,1-3H3,(H,35,40)(H,36,38)(H,37,39)/b29-19-. The van der Waals surface area contributed by atoms with E-state index < -0.39 is 17.1 Å². The molecular formula is C33H30BrN3O5S. The smallest absolute Gasteiger partial charge is 0.272 e. The molecule has 0 aliphatic heterocycles. The molecule has 0 radical (unpaired) electrons. The average molecular weight is 661 g/mol. The molecular weight excluding hydrogens is 630 g/mol. The summed E-state index contributed by atoms with van der Waals surface area (Å²) in [5.41, 5.74) is 2.35. The molecule has 43 heavy (non-hydrogen) atoms. The van der Waals surface area contributed by atoms with Crippen LogP contribution < -0.4 is 25.4 Å². The number of halogens is 1. The molecule has 0 saturated carbocycles. The number of methoxy groups -OCH3 is 2. The summed E-state index contributed by atoms with van der Waals surface area (Å²) in [5.74, 6) is 0.0550. The van der Waals surface area contributed by atoms with E-state index in [9.17, 15) is 14.4 Å². The van der Waals surface area contributed by atoms with Gasteiger partial charge in [0, 0.05) is 26.7 Å². The van der Waals surface area contributed by atoms with Crippen molar-refractivity contribution in [1.29, 1.82) is 0 Å². The van der Waals surface area contributed by atoms with E-state index in [1.54, 1.807) is 74.7 Å². The zero-order valence-electron chi connectivity index (χ0n) is 23.7. The van der Waals surface area contributed by atoms with Crippen LogP contribution in [0.4, 0.5) is 11.4 Å². The van der Waals surface area contributed by atoms with Crippen LogP contribution in [-0.4, -0.2) is 37.2 Å². The molecule has 220 valence electrons. The molecule has 4 aromatic carbocycles. The molecule has 1 atom stereocenters. The second-order valence-electron chi connectivity index (χ2n) is 9.22. The van der Waals surface area contributed by atoms with Crippen LogP contribution in [0.2, 0.25) is 0 Å². The molecule has 3 N–H and O–H groups in total. The van der Waals surface area contributed by atoms with Gasteiger partial charge >= 0.3 is 0 Å². The molecule has 0 bridgehead atoms. The highest BCUT2D eigenvalue weighted by atomic mass is 79.9. The lowest BCUT2D eigenvalue weighted by molar-refractivity contribution is -0.115. The van der Waals surface area contributed by atoms with Crippen molar-refractivity contribution < 1.29 is 23.9 Å². The van der Waals surface area contributed by atoms with Crippen LogP contribution in [0.5, 0.6) is 11.5 Å². The Morgan fingerprint density at radius 3 is 2.19 bits per heavy atom. The average Bonchev–Trinajstić information content (AvgIpc) is 3.03. The first-order valence-corrected chi connectivity index (χ1v) is 14.9. The zero-order valence-corrected chi connectivity index (χ0v) is 26.1. The van der Waals surface area contributed by atoms with Crippen LogP contribution in [0.3, 0.4) is 0 Å². The molecule has 0 aromatic heterocycles. The Labute approximate surface area is 263 Å². The Hall–Kier alpha value is -4.54. The Kier molecular flexibility index (Phi) is 11.0. The van der Waals surface area contributed by atoms with E-state index in [1.165, 1.54) is 18.9 Å². The summed E-state index contributed by atoms with van der Waals surface area (Å²) < 4.78 is 11.5. The predicted octanol–water partition coefficient (Wildman–Crippen LogP) is 7.00. The number of benzene rings is 4. The summed E-state index contributed by atoms with van der Waals surface area (Å²) in [5, 5.41) is 8.06. The van der Waals surface area contributed by atoms with Gasteiger partial charge < -0.3 is 25.4 Å². The first-order valence-electron chi connectivity index (χ1n) is 13.2. The van der Waals surface area contributed by atoms with Crippen molar-refractivity contribution in [3.05, 3.63) is 118 Å². The molecule has 4 aromatic rings. The summed E-state index contributed by atoms with van der Waals surface area (Å²) in [4.78, 5) is 39.8. The third kappa shape index (κ3) is 8.97. The van der Waals surface area contributed by atoms with E-state index in [0.717, 1.165) is 14.9 Å². The van der Waals surface area contributed by atoms with Crippen LogP contribution in [0.1, 0.15) is 22.8 Å². The van der Waals surface area contributed by atoms with E-state index in [-0.39, 0.29) is 11.6 Å². The largest absolute Gasteiger partial charge is 0.497 e. The van der Waals surface area contributed by atoms with Crippen molar-refractivity contribution in [2.45, 2.75) is 17.1 Å². The molecule has 8 nitrogen and oxygen atoms in total. The van der Waals surface area contributed by atoms with Crippen molar-refractivity contribution in [2.75, 3.05) is 24.9 Å². The van der Waals surface area contributed by atoms with Gasteiger partial charge in [-0.2, -0.15) is 0 Å². The van der Waals surface area contributed by atoms with Gasteiger partial charge in [0.05, 0.1) is 25.2 Å². The molecule has 0 saturated heterocycles. The molecule has 4 rings (SSSR count). The van der Waals surface area contributed by atoms with Crippen LogP contribution in [0, 0.1) is 0 Å². The predicted molar refractivity (Wildman–Crippen MR) is 175 cm³/mol. The summed E-state index contributed by atoms with van der Waals surface area (Å²) in [7, 11) is 3.09. The third-order valence-corrected chi connectivity index (χ3v) is 7.81. The number of anilines is 2. The van der Waals surface area contributed by atoms with Gasteiger partial charge in [-0.15, -0.1) is 11.8 Å². The van der Waals surface area contributed by atoms with E-state index >= 15 is 0 Å². The van der Waals surface area contributed by atoms with Crippen LogP contribution in [-0.2, 0) is 9.59 Å². The minimum absolute atomic E-state index is 0.0916. The minimum Gasteiger partial charge on any atom is -0.497 e. The summed E-state index contributed by atoms with van der Waals surface area (Å²) >= 11 is 4.78. The number of ether oxygens (including phenoxy) is 2. The number of rotatable bonds is 11. The van der Waals surface area contributed by atoms with Gasteiger partial charge in [0.15, 0.2) is 0 Å². The van der Waals surface area contributed by atoms with Crippen molar-refractivity contribution in [3.63, 3.8) is 0 Å². The molecule has 0 heterocycles. The quantitative estimate of drug-likeness (QED) is 0.118. The zero-order chi connectivity index (χ0) is 30.8. The van der Waals surface area contributed by atoms with E-state index in [2.05, 4.69) is 31.9 Å². The lowest BCUT2D eigenvalue weighted by atomic mass is 10.1. The first-order chi connectivity index (χ1) is 20.7. The van der Waals surface area contributed by atoms with E-state index in [0.29, 0.717) is 28.4 Å². The molecule has 0 aliphatic rings. The van der Waals surface area contributed by atoms with Crippen LogP contribution in [0.25, 0.3) is 6.08 Å². The highest BCUT2D eigenvalue weighted by Crippen LogP contribution is 2.31. The maximum atomic E-state index is 13.3. The number of nitrogens with one attached hydrogen (secondary N) is 3. The normalized spacial score (nSPS) is 11.7. The number of carbonyl (C=O) groups excluding carboxylic acids is 3. The van der Waals surface area contributed by atoms with Crippen molar-refractivity contribution in [1.82, 2.24) is 5.32 Å². The number of hydrogen-bond acceptors (Lipinski definition) is 6. The lowest BCUT2D eigenvalue weighted by Gasteiger charge is -2.15. The minimum atomic E-state index is -0.478. The molecule has 0 aliphatic carbocycles. The van der Waals surface area contributed by atoms with E-state index in [1.807, 2.05) is 42.5 Å². The first kappa shape index (κ1) is 31.4. The number of amides is 3. The Morgan fingerprint density at radius 1 is 0.837 bits per heavy atom. The molecule has 10 heteroatoms. The van der Waals surface area contributed by atoms with Crippen LogP contribution in [0.15, 0.2) is 112 Å². The molecule has 1 unspecified atom stereocenters. The fourth-order valence-corrected chi connectivity index (χ4v) is 5.01. The summed E-state index contributed by atoms with van der Waals surface area (Å²) in [6.07, 6.45) is 1.62. The molecule has 0 spiro atoms. The van der Waals surface area contributed by atoms with Gasteiger partial charge in [0.25, 0.3) is 11.8 Å². The third-order valence-electron chi connectivity index (χ3n) is 6.17. The van der Waals surface area contributed by atoms with Crippen LogP contribution >= 0.6 is 27.7 Å². The highest BCUT2D eigenvalue weighted by Gasteiger charge is 2.18. The van der Waals surface area contributed by atoms with Gasteiger partial charge in [0.2, 0.25) is 5.91 Å². The SMILES string of the molecule is COc1ccc(NC(=O)C(C)Sc2ccc(NC(=O)/C(=C/c3ccc(Br)cc3)NC(=O)c3ccccc3)cc2)c(OC)c1.